The van der Waals surface area contributed by atoms with Crippen molar-refractivity contribution in [2.45, 2.75) is 32.7 Å². The van der Waals surface area contributed by atoms with Crippen molar-refractivity contribution in [1.29, 1.82) is 0 Å². The molecule has 4 heteroatoms. The molecule has 3 nitrogen and oxygen atoms in total. The molecule has 0 amide bonds. The van der Waals surface area contributed by atoms with E-state index in [9.17, 15) is 0 Å². The highest BCUT2D eigenvalue weighted by Crippen LogP contribution is 2.31. The van der Waals surface area contributed by atoms with E-state index in [0.29, 0.717) is 0 Å². The number of anilines is 1. The highest BCUT2D eigenvalue weighted by molar-refractivity contribution is 6.08. The van der Waals surface area contributed by atoms with Crippen molar-refractivity contribution >= 4 is 50.5 Å². The maximum Gasteiger partial charge on any atom is 0.214 e. The topological polar surface area (TPSA) is 12.1 Å². The average Bonchev–Trinajstić information content (AvgIpc) is 3.22. The molecule has 3 aromatic carbocycles. The Labute approximate surface area is 224 Å². The normalized spacial score (nSPS) is 14.3. The maximum absolute atomic E-state index is 2.58. The van der Waals surface area contributed by atoms with Crippen LogP contribution in [0.2, 0.25) is 0 Å². The van der Waals surface area contributed by atoms with Crippen molar-refractivity contribution < 1.29 is 28.5 Å². The number of hydrogen-bond donors (Lipinski definition) is 0. The van der Waals surface area contributed by atoms with E-state index in [0.717, 1.165) is 19.6 Å². The van der Waals surface area contributed by atoms with Gasteiger partial charge in [0, 0.05) is 59.6 Å². The summed E-state index contributed by atoms with van der Waals surface area (Å²) in [4.78, 5) is 2.58. The molecule has 1 fully saturated rings. The standard InChI is InChI=1S/C31H32N3.HI/c1-3-34-29-14-8-5-11-25(29)27-21-23(16-18-30(27)34)15-17-24-22-31(33-19-9-4-10-20-33)26-12-6-7-13-28(26)32(24)2;/h5-8,11-18,21-22H,3-4,9-10,19-20H2,1-2H3;1H/q+1;/p-1. The average molecular weight is 574 g/mol. The van der Waals surface area contributed by atoms with Crippen LogP contribution in [0.15, 0.2) is 72.8 Å². The Kier molecular flexibility index (Phi) is 6.83. The molecule has 5 aromatic rings. The lowest BCUT2D eigenvalue weighted by atomic mass is 10.1. The number of halogens is 1. The minimum Gasteiger partial charge on any atom is -1.00 e. The zero-order valence-corrected chi connectivity index (χ0v) is 22.7. The van der Waals surface area contributed by atoms with Crippen LogP contribution >= 0.6 is 0 Å². The van der Waals surface area contributed by atoms with Gasteiger partial charge in [0.05, 0.1) is 11.1 Å². The molecule has 2 aromatic heterocycles. The number of aromatic nitrogens is 2. The van der Waals surface area contributed by atoms with Gasteiger partial charge < -0.3 is 33.4 Å². The summed E-state index contributed by atoms with van der Waals surface area (Å²) in [5.74, 6) is 0. The molecule has 3 heterocycles. The van der Waals surface area contributed by atoms with Gasteiger partial charge in [-0.2, -0.15) is 4.57 Å². The molecular weight excluding hydrogens is 541 g/mol. The van der Waals surface area contributed by atoms with E-state index in [1.807, 2.05) is 0 Å². The number of nitrogens with zero attached hydrogens (tertiary/aromatic N) is 3. The SMILES string of the molecule is CCn1c2ccccc2c2cc(/C=C/c3cc(N4CCCCC4)c4ccccc4[n+]3C)ccc21.[I-]. The Morgan fingerprint density at radius 3 is 2.29 bits per heavy atom. The molecule has 0 aliphatic carbocycles. The third-order valence-corrected chi connectivity index (χ3v) is 7.47. The number of hydrogen-bond acceptors (Lipinski definition) is 1. The molecule has 1 aliphatic rings. The van der Waals surface area contributed by atoms with E-state index >= 15 is 0 Å². The number of rotatable bonds is 4. The second-order valence-electron chi connectivity index (χ2n) is 9.45. The Morgan fingerprint density at radius 1 is 0.771 bits per heavy atom. The Hall–Kier alpha value is -2.86. The van der Waals surface area contributed by atoms with E-state index in [4.69, 9.17) is 0 Å². The van der Waals surface area contributed by atoms with Gasteiger partial charge in [0.15, 0.2) is 0 Å². The first-order valence-corrected chi connectivity index (χ1v) is 12.6. The molecule has 0 bridgehead atoms. The fourth-order valence-corrected chi connectivity index (χ4v) is 5.69. The van der Waals surface area contributed by atoms with Gasteiger partial charge >= 0.3 is 0 Å². The molecule has 0 atom stereocenters. The first-order chi connectivity index (χ1) is 16.7. The summed E-state index contributed by atoms with van der Waals surface area (Å²) in [5.41, 5.74) is 7.74. The zero-order valence-electron chi connectivity index (χ0n) is 20.5. The first kappa shape index (κ1) is 23.9. The smallest absolute Gasteiger partial charge is 0.214 e. The van der Waals surface area contributed by atoms with E-state index in [-0.39, 0.29) is 24.0 Å². The van der Waals surface area contributed by atoms with Crippen LogP contribution in [0, 0.1) is 0 Å². The zero-order chi connectivity index (χ0) is 23.1. The van der Waals surface area contributed by atoms with Gasteiger partial charge in [-0.15, -0.1) is 0 Å². The Balaban J connectivity index is 0.00000253. The number of fused-ring (bicyclic) bond motifs is 4. The minimum absolute atomic E-state index is 0. The van der Waals surface area contributed by atoms with Crippen molar-refractivity contribution in [3.63, 3.8) is 0 Å². The van der Waals surface area contributed by atoms with Crippen LogP contribution in [0.4, 0.5) is 5.69 Å². The highest BCUT2D eigenvalue weighted by Gasteiger charge is 2.20. The van der Waals surface area contributed by atoms with E-state index in [2.05, 4.69) is 113 Å². The van der Waals surface area contributed by atoms with Crippen LogP contribution in [0.3, 0.4) is 0 Å². The maximum atomic E-state index is 2.58. The molecular formula is C31H32IN3. The molecule has 0 spiro atoms. The van der Waals surface area contributed by atoms with Gasteiger partial charge in [0.1, 0.15) is 7.05 Å². The molecule has 0 unspecified atom stereocenters. The third kappa shape index (κ3) is 4.22. The second kappa shape index (κ2) is 10.0. The quantitative estimate of drug-likeness (QED) is 0.234. The number of pyridine rings is 1. The summed E-state index contributed by atoms with van der Waals surface area (Å²) < 4.78 is 4.73. The van der Waals surface area contributed by atoms with Gasteiger partial charge in [-0.1, -0.05) is 36.4 Å². The molecule has 178 valence electrons. The van der Waals surface area contributed by atoms with Gasteiger partial charge in [0.25, 0.3) is 0 Å². The van der Waals surface area contributed by atoms with Crippen molar-refractivity contribution in [1.82, 2.24) is 4.57 Å². The van der Waals surface area contributed by atoms with Crippen molar-refractivity contribution in [2.24, 2.45) is 7.05 Å². The second-order valence-corrected chi connectivity index (χ2v) is 9.45. The van der Waals surface area contributed by atoms with Gasteiger partial charge in [0.2, 0.25) is 11.2 Å². The van der Waals surface area contributed by atoms with Crippen molar-refractivity contribution in [2.75, 3.05) is 18.0 Å². The van der Waals surface area contributed by atoms with Crippen LogP contribution in [0.1, 0.15) is 37.4 Å². The van der Waals surface area contributed by atoms with Crippen molar-refractivity contribution in [3.05, 3.63) is 84.1 Å². The summed E-state index contributed by atoms with van der Waals surface area (Å²) in [6, 6.07) is 26.8. The molecule has 0 saturated carbocycles. The Morgan fingerprint density at radius 2 is 1.49 bits per heavy atom. The van der Waals surface area contributed by atoms with Gasteiger partial charge in [-0.25, -0.2) is 0 Å². The number of para-hydroxylation sites is 2. The summed E-state index contributed by atoms with van der Waals surface area (Å²) in [5, 5.41) is 4.01. The Bertz CT molecular complexity index is 1540. The van der Waals surface area contributed by atoms with Crippen LogP contribution < -0.4 is 33.4 Å². The molecule has 0 radical (unpaired) electrons. The van der Waals surface area contributed by atoms with Crippen LogP contribution in [0.5, 0.6) is 0 Å². The van der Waals surface area contributed by atoms with E-state index < -0.39 is 0 Å². The van der Waals surface area contributed by atoms with Crippen LogP contribution in [-0.2, 0) is 13.6 Å². The third-order valence-electron chi connectivity index (χ3n) is 7.47. The molecule has 0 N–H and O–H groups in total. The predicted molar refractivity (Wildman–Crippen MR) is 145 cm³/mol. The van der Waals surface area contributed by atoms with Gasteiger partial charge in [-0.05, 0) is 62.1 Å². The van der Waals surface area contributed by atoms with Crippen LogP contribution in [-0.4, -0.2) is 17.7 Å². The lowest BCUT2D eigenvalue weighted by Gasteiger charge is -2.29. The first-order valence-electron chi connectivity index (χ1n) is 12.6. The van der Waals surface area contributed by atoms with Crippen LogP contribution in [0.25, 0.3) is 44.9 Å². The molecule has 35 heavy (non-hydrogen) atoms. The summed E-state index contributed by atoms with van der Waals surface area (Å²) in [6.07, 6.45) is 8.46. The highest BCUT2D eigenvalue weighted by atomic mass is 127. The largest absolute Gasteiger partial charge is 1.00 e. The lowest BCUT2D eigenvalue weighted by Crippen LogP contribution is -3.00. The lowest BCUT2D eigenvalue weighted by molar-refractivity contribution is -0.646. The van der Waals surface area contributed by atoms with Crippen molar-refractivity contribution in [3.8, 4) is 0 Å². The van der Waals surface area contributed by atoms with E-state index in [1.54, 1.807) is 0 Å². The molecule has 6 rings (SSSR count). The fourth-order valence-electron chi connectivity index (χ4n) is 5.69. The predicted octanol–water partition coefficient (Wildman–Crippen LogP) is 3.96. The summed E-state index contributed by atoms with van der Waals surface area (Å²) in [6.45, 7) is 5.50. The summed E-state index contributed by atoms with van der Waals surface area (Å²) >= 11 is 0. The fraction of sp³-hybridized carbons (Fsp3) is 0.258. The van der Waals surface area contributed by atoms with Gasteiger partial charge in [-0.3, -0.25) is 0 Å². The molecule has 1 saturated heterocycles. The minimum atomic E-state index is 0. The number of aryl methyl sites for hydroxylation is 2. The number of piperidine rings is 1. The van der Waals surface area contributed by atoms with E-state index in [1.165, 1.54) is 68.9 Å². The summed E-state index contributed by atoms with van der Waals surface area (Å²) in [7, 11) is 2.18. The molecule has 1 aliphatic heterocycles. The number of benzene rings is 3. The monoisotopic (exact) mass is 573 g/mol.